The van der Waals surface area contributed by atoms with Crippen LogP contribution in [0.5, 0.6) is 0 Å². The Balaban J connectivity index is 3.14. The van der Waals surface area contributed by atoms with Crippen LogP contribution in [0.1, 0.15) is 52.9 Å². The average molecular weight is 473 g/mol. The minimum atomic E-state index is -0.697. The number of unbranched alkanes of at least 4 members (excludes halogenated alkanes) is 3. The number of nitrogens with one attached hydrogen (secondary N) is 1. The summed E-state index contributed by atoms with van der Waals surface area (Å²) < 4.78 is 0. The number of hydrogen-bond donors (Lipinski definition) is 1. The molecule has 0 radical (unpaired) electrons. The lowest BCUT2D eigenvalue weighted by Crippen LogP contribution is -2.68. The summed E-state index contributed by atoms with van der Waals surface area (Å²) in [4.78, 5) is 41.0. The van der Waals surface area contributed by atoms with Crippen molar-refractivity contribution in [3.63, 3.8) is 0 Å². The summed E-state index contributed by atoms with van der Waals surface area (Å²) in [7, 11) is 0. The van der Waals surface area contributed by atoms with Crippen molar-refractivity contribution in [2.75, 3.05) is 39.3 Å². The van der Waals surface area contributed by atoms with E-state index in [9.17, 15) is 19.6 Å². The van der Waals surface area contributed by atoms with Gasteiger partial charge in [-0.15, -0.1) is 6.58 Å². The molecule has 1 fully saturated rings. The van der Waals surface area contributed by atoms with Gasteiger partial charge in [0.05, 0.1) is 12.6 Å². The van der Waals surface area contributed by atoms with Crippen molar-refractivity contribution in [2.24, 2.45) is 0 Å². The highest BCUT2D eigenvalue weighted by Crippen LogP contribution is 2.17. The fourth-order valence-corrected chi connectivity index (χ4v) is 3.82. The van der Waals surface area contributed by atoms with Crippen LogP contribution in [0.15, 0.2) is 36.5 Å². The molecule has 1 aliphatic rings. The van der Waals surface area contributed by atoms with Crippen LogP contribution in [0.2, 0.25) is 0 Å². The molecule has 34 heavy (non-hydrogen) atoms. The first-order valence-corrected chi connectivity index (χ1v) is 12.1. The predicted octanol–water partition coefficient (Wildman–Crippen LogP) is 3.04. The summed E-state index contributed by atoms with van der Waals surface area (Å²) in [5.41, 5.74) is 0.919. The summed E-state index contributed by atoms with van der Waals surface area (Å²) in [5, 5.41) is 15.3. The molecule has 1 atom stereocenters. The van der Waals surface area contributed by atoms with E-state index in [0.717, 1.165) is 31.3 Å². The molecule has 0 aromatic rings. The number of amides is 4. The van der Waals surface area contributed by atoms with Crippen LogP contribution < -0.4 is 5.32 Å². The number of urea groups is 1. The van der Waals surface area contributed by atoms with Gasteiger partial charge < -0.3 is 15.1 Å². The van der Waals surface area contributed by atoms with Crippen LogP contribution in [-0.2, 0) is 9.59 Å². The predicted molar refractivity (Wildman–Crippen MR) is 133 cm³/mol. The second-order valence-electron chi connectivity index (χ2n) is 8.10. The van der Waals surface area contributed by atoms with E-state index in [1.54, 1.807) is 16.0 Å². The number of hydrazine groups is 1. The first-order valence-electron chi connectivity index (χ1n) is 12.1. The summed E-state index contributed by atoms with van der Waals surface area (Å²) in [6.45, 7) is 10.9. The quantitative estimate of drug-likeness (QED) is 0.0986. The van der Waals surface area contributed by atoms with E-state index >= 15 is 0 Å². The molecule has 1 aliphatic heterocycles. The molecule has 9 heteroatoms. The van der Waals surface area contributed by atoms with Crippen molar-refractivity contribution < 1.29 is 14.4 Å². The van der Waals surface area contributed by atoms with Crippen molar-refractivity contribution >= 4 is 18.3 Å². The van der Waals surface area contributed by atoms with Gasteiger partial charge in [-0.05, 0) is 25.3 Å². The first-order chi connectivity index (χ1) is 16.5. The van der Waals surface area contributed by atoms with Crippen molar-refractivity contribution in [1.82, 2.24) is 25.1 Å². The maximum Gasteiger partial charge on any atom is 0.334 e. The standard InChI is InChI=1S/C25H40N6O3/c1-5-9-11-12-16-28-19-23(29(21-32)20-24(28)33)31(30(8-4)17-15-26)25(34)27-18-22(13-7-3)14-10-6-2/h6-7,13-14,21,23H,2,5,8-12,16-20H2,1,3-4H3,(H,27,34)/b13-7-,22-14+. The second kappa shape index (κ2) is 16.5. The van der Waals surface area contributed by atoms with Gasteiger partial charge in [-0.3, -0.25) is 9.59 Å². The molecule has 1 N–H and O–H groups in total. The van der Waals surface area contributed by atoms with E-state index in [4.69, 9.17) is 0 Å². The van der Waals surface area contributed by atoms with E-state index in [1.807, 2.05) is 32.1 Å². The van der Waals surface area contributed by atoms with Gasteiger partial charge in [-0.2, -0.15) is 5.26 Å². The van der Waals surface area contributed by atoms with Crippen LogP contribution in [0.25, 0.3) is 0 Å². The molecule has 0 aliphatic carbocycles. The van der Waals surface area contributed by atoms with Crippen molar-refractivity contribution in [1.29, 1.82) is 5.26 Å². The van der Waals surface area contributed by atoms with Gasteiger partial charge in [0.15, 0.2) is 0 Å². The minimum absolute atomic E-state index is 0.0222. The number of carbonyl (C=O) groups is 3. The Morgan fingerprint density at radius 1 is 1.32 bits per heavy atom. The molecule has 1 unspecified atom stereocenters. The molecule has 0 saturated carbocycles. The highest BCUT2D eigenvalue weighted by atomic mass is 16.2. The number of allylic oxidation sites excluding steroid dienone is 3. The fourth-order valence-electron chi connectivity index (χ4n) is 3.82. The van der Waals surface area contributed by atoms with Crippen molar-refractivity contribution in [3.8, 4) is 6.07 Å². The van der Waals surface area contributed by atoms with E-state index in [0.29, 0.717) is 25.9 Å². The van der Waals surface area contributed by atoms with E-state index in [-0.39, 0.29) is 32.1 Å². The average Bonchev–Trinajstić information content (AvgIpc) is 2.84. The Labute approximate surface area is 204 Å². The first kappa shape index (κ1) is 28.9. The molecule has 188 valence electrons. The number of nitriles is 1. The molecule has 4 amide bonds. The number of nitrogens with zero attached hydrogens (tertiary/aromatic N) is 5. The number of piperazine rings is 1. The van der Waals surface area contributed by atoms with E-state index in [1.165, 1.54) is 9.91 Å². The minimum Gasteiger partial charge on any atom is -0.337 e. The summed E-state index contributed by atoms with van der Waals surface area (Å²) in [5.74, 6) is -0.133. The molecule has 9 nitrogen and oxygen atoms in total. The normalized spacial score (nSPS) is 16.6. The van der Waals surface area contributed by atoms with Gasteiger partial charge in [-0.25, -0.2) is 14.8 Å². The molecule has 0 spiro atoms. The zero-order chi connectivity index (χ0) is 25.3. The summed E-state index contributed by atoms with van der Waals surface area (Å²) in [6.07, 6.45) is 12.2. The lowest BCUT2D eigenvalue weighted by Gasteiger charge is -2.47. The molecule has 0 bridgehead atoms. The van der Waals surface area contributed by atoms with Gasteiger partial charge in [-0.1, -0.05) is 57.4 Å². The lowest BCUT2D eigenvalue weighted by molar-refractivity contribution is -0.156. The number of hydrogen-bond acceptors (Lipinski definition) is 5. The molecule has 0 aromatic heterocycles. The second-order valence-corrected chi connectivity index (χ2v) is 8.10. The zero-order valence-electron chi connectivity index (χ0n) is 20.9. The van der Waals surface area contributed by atoms with Crippen LogP contribution in [-0.4, -0.2) is 83.6 Å². The Hall–Kier alpha value is -3.12. The zero-order valence-corrected chi connectivity index (χ0v) is 20.9. The smallest absolute Gasteiger partial charge is 0.334 e. The molecule has 1 heterocycles. The Bertz CT molecular complexity index is 773. The third kappa shape index (κ3) is 9.02. The maximum absolute atomic E-state index is 13.4. The van der Waals surface area contributed by atoms with Gasteiger partial charge in [0.1, 0.15) is 19.3 Å². The topological polar surface area (TPSA) is 100.0 Å². The fraction of sp³-hybridized carbons (Fsp3) is 0.600. The van der Waals surface area contributed by atoms with Gasteiger partial charge >= 0.3 is 6.03 Å². The number of rotatable bonds is 15. The largest absolute Gasteiger partial charge is 0.337 e. The highest BCUT2D eigenvalue weighted by molar-refractivity contribution is 5.82. The van der Waals surface area contributed by atoms with Crippen LogP contribution in [0.3, 0.4) is 0 Å². The third-order valence-electron chi connectivity index (χ3n) is 5.64. The monoisotopic (exact) mass is 472 g/mol. The summed E-state index contributed by atoms with van der Waals surface area (Å²) in [6, 6.07) is 1.66. The highest BCUT2D eigenvalue weighted by Gasteiger charge is 2.39. The van der Waals surface area contributed by atoms with Gasteiger partial charge in [0.2, 0.25) is 12.3 Å². The molecule has 1 rings (SSSR count). The van der Waals surface area contributed by atoms with E-state index < -0.39 is 12.2 Å². The molecular formula is C25H40N6O3. The van der Waals surface area contributed by atoms with Gasteiger partial charge in [0.25, 0.3) is 0 Å². The molecule has 1 saturated heterocycles. The third-order valence-corrected chi connectivity index (χ3v) is 5.64. The SMILES string of the molecule is C=CC/C=C(\C=C/C)CNC(=O)N(C1CN(CCCCCC)C(=O)CN1C=O)N(CC)CC#N. The van der Waals surface area contributed by atoms with Crippen molar-refractivity contribution in [2.45, 2.75) is 59.0 Å². The van der Waals surface area contributed by atoms with E-state index in [2.05, 4.69) is 24.9 Å². The number of carbonyl (C=O) groups excluding carboxylic acids is 3. The molecular weight excluding hydrogens is 432 g/mol. The maximum atomic E-state index is 13.4. The van der Waals surface area contributed by atoms with Gasteiger partial charge in [0, 0.05) is 19.6 Å². The summed E-state index contributed by atoms with van der Waals surface area (Å²) >= 11 is 0. The Kier molecular flexibility index (Phi) is 14.0. The van der Waals surface area contributed by atoms with Crippen LogP contribution in [0, 0.1) is 11.3 Å². The van der Waals surface area contributed by atoms with Crippen LogP contribution >= 0.6 is 0 Å². The molecule has 0 aromatic carbocycles. The Morgan fingerprint density at radius 3 is 2.68 bits per heavy atom. The Morgan fingerprint density at radius 2 is 2.09 bits per heavy atom. The van der Waals surface area contributed by atoms with Crippen molar-refractivity contribution in [3.05, 3.63) is 36.5 Å². The van der Waals surface area contributed by atoms with Crippen LogP contribution in [0.4, 0.5) is 4.79 Å². The lowest BCUT2D eigenvalue weighted by atomic mass is 10.1.